The van der Waals surface area contributed by atoms with Gasteiger partial charge in [-0.3, -0.25) is 9.69 Å². The second-order valence-corrected chi connectivity index (χ2v) is 8.20. The summed E-state index contributed by atoms with van der Waals surface area (Å²) in [6.07, 6.45) is 0.00113. The highest BCUT2D eigenvalue weighted by Gasteiger charge is 2.24. The molecule has 0 bridgehead atoms. The van der Waals surface area contributed by atoms with Crippen LogP contribution in [0.3, 0.4) is 0 Å². The maximum atomic E-state index is 12.5. The number of amides is 1. The van der Waals surface area contributed by atoms with Crippen molar-refractivity contribution in [3.63, 3.8) is 0 Å². The van der Waals surface area contributed by atoms with Crippen LogP contribution < -0.4 is 5.32 Å². The molecule has 0 spiro atoms. The summed E-state index contributed by atoms with van der Waals surface area (Å²) in [5, 5.41) is 3.12. The van der Waals surface area contributed by atoms with Crippen LogP contribution in [0.1, 0.15) is 41.3 Å². The first-order valence-electron chi connectivity index (χ1n) is 9.38. The highest BCUT2D eigenvalue weighted by molar-refractivity contribution is 9.10. The molecule has 0 aromatic heterocycles. The summed E-state index contributed by atoms with van der Waals surface area (Å²) in [6, 6.07) is 14.5. The first-order chi connectivity index (χ1) is 12.9. The number of carbonyl (C=O) groups excluding carboxylic acids is 1. The molecule has 2 atom stereocenters. The summed E-state index contributed by atoms with van der Waals surface area (Å²) in [5.74, 6) is 0.0515. The third-order valence-electron chi connectivity index (χ3n) is 5.15. The molecule has 3 rings (SSSR count). The van der Waals surface area contributed by atoms with Crippen LogP contribution in [0.2, 0.25) is 0 Å². The van der Waals surface area contributed by atoms with Crippen molar-refractivity contribution in [1.82, 2.24) is 10.2 Å². The molecule has 5 heteroatoms. The molecule has 1 aliphatic rings. The Morgan fingerprint density at radius 2 is 2.07 bits per heavy atom. The number of morpholine rings is 1. The molecule has 1 N–H and O–H groups in total. The zero-order chi connectivity index (χ0) is 19.4. The van der Waals surface area contributed by atoms with Crippen molar-refractivity contribution in [2.45, 2.75) is 32.9 Å². The summed E-state index contributed by atoms with van der Waals surface area (Å²) in [4.78, 5) is 14.7. The molecule has 0 radical (unpaired) electrons. The molecular weight excluding hydrogens is 404 g/mol. The lowest BCUT2D eigenvalue weighted by molar-refractivity contribution is -0.125. The lowest BCUT2D eigenvalue weighted by Gasteiger charge is -2.33. The van der Waals surface area contributed by atoms with Gasteiger partial charge in [-0.2, -0.15) is 0 Å². The van der Waals surface area contributed by atoms with Crippen LogP contribution in [0, 0.1) is 13.8 Å². The number of hydrogen-bond acceptors (Lipinski definition) is 3. The van der Waals surface area contributed by atoms with Crippen molar-refractivity contribution in [2.24, 2.45) is 0 Å². The first kappa shape index (κ1) is 20.1. The summed E-state index contributed by atoms with van der Waals surface area (Å²) in [6.45, 7) is 8.76. The van der Waals surface area contributed by atoms with Gasteiger partial charge in [0.1, 0.15) is 0 Å². The molecule has 2 unspecified atom stereocenters. The zero-order valence-electron chi connectivity index (χ0n) is 16.2. The molecule has 1 saturated heterocycles. The summed E-state index contributed by atoms with van der Waals surface area (Å²) in [7, 11) is 0. The number of halogens is 1. The Bertz CT molecular complexity index is 809. The van der Waals surface area contributed by atoms with E-state index in [0.717, 1.165) is 28.7 Å². The molecule has 2 aromatic carbocycles. The normalized spacial score (nSPS) is 18.9. The maximum absolute atomic E-state index is 12.5. The molecule has 1 fully saturated rings. The van der Waals surface area contributed by atoms with Crippen molar-refractivity contribution < 1.29 is 9.53 Å². The Morgan fingerprint density at radius 3 is 2.81 bits per heavy atom. The van der Waals surface area contributed by atoms with Gasteiger partial charge in [-0.1, -0.05) is 46.3 Å². The van der Waals surface area contributed by atoms with Gasteiger partial charge in [-0.05, 0) is 55.2 Å². The number of hydrogen-bond donors (Lipinski definition) is 1. The fraction of sp³-hybridized carbons (Fsp3) is 0.409. The molecule has 0 aliphatic carbocycles. The van der Waals surface area contributed by atoms with Gasteiger partial charge in [-0.15, -0.1) is 0 Å². The smallest absolute Gasteiger partial charge is 0.234 e. The van der Waals surface area contributed by atoms with E-state index >= 15 is 0 Å². The van der Waals surface area contributed by atoms with E-state index in [1.165, 1.54) is 11.1 Å². The number of rotatable bonds is 5. The number of nitrogens with one attached hydrogen (secondary N) is 1. The summed E-state index contributed by atoms with van der Waals surface area (Å²) in [5.41, 5.74) is 4.79. The lowest BCUT2D eigenvalue weighted by Crippen LogP contribution is -2.44. The minimum Gasteiger partial charge on any atom is -0.371 e. The second-order valence-electron chi connectivity index (χ2n) is 7.28. The van der Waals surface area contributed by atoms with Gasteiger partial charge in [-0.25, -0.2) is 0 Å². The SMILES string of the molecule is Cc1ccc(C(C)NC(=O)CN2CCOC(c3cccc(Br)c3)C2)cc1C. The van der Waals surface area contributed by atoms with E-state index in [0.29, 0.717) is 13.2 Å². The zero-order valence-corrected chi connectivity index (χ0v) is 17.8. The topological polar surface area (TPSA) is 41.6 Å². The average molecular weight is 431 g/mol. The molecule has 144 valence electrons. The van der Waals surface area contributed by atoms with E-state index in [1.54, 1.807) is 0 Å². The van der Waals surface area contributed by atoms with E-state index in [9.17, 15) is 4.79 Å². The number of benzene rings is 2. The van der Waals surface area contributed by atoms with Gasteiger partial charge >= 0.3 is 0 Å². The fourth-order valence-electron chi connectivity index (χ4n) is 3.36. The predicted molar refractivity (Wildman–Crippen MR) is 112 cm³/mol. The van der Waals surface area contributed by atoms with Crippen LogP contribution in [0.15, 0.2) is 46.9 Å². The molecule has 4 nitrogen and oxygen atoms in total. The van der Waals surface area contributed by atoms with Crippen molar-refractivity contribution in [3.05, 3.63) is 69.2 Å². The van der Waals surface area contributed by atoms with Crippen LogP contribution >= 0.6 is 15.9 Å². The minimum absolute atomic E-state index is 0.00113. The molecule has 2 aromatic rings. The van der Waals surface area contributed by atoms with E-state index < -0.39 is 0 Å². The molecule has 1 aliphatic heterocycles. The second kappa shape index (κ2) is 9.00. The van der Waals surface area contributed by atoms with Crippen LogP contribution in [-0.4, -0.2) is 37.0 Å². The van der Waals surface area contributed by atoms with Crippen molar-refractivity contribution in [3.8, 4) is 0 Å². The Labute approximate surface area is 170 Å². The number of carbonyl (C=O) groups is 1. The van der Waals surface area contributed by atoms with Gasteiger partial charge in [0.15, 0.2) is 0 Å². The fourth-order valence-corrected chi connectivity index (χ4v) is 3.78. The van der Waals surface area contributed by atoms with Crippen LogP contribution in [0.25, 0.3) is 0 Å². The van der Waals surface area contributed by atoms with Crippen LogP contribution in [0.4, 0.5) is 0 Å². The van der Waals surface area contributed by atoms with Crippen LogP contribution in [0.5, 0.6) is 0 Å². The van der Waals surface area contributed by atoms with Crippen molar-refractivity contribution in [2.75, 3.05) is 26.2 Å². The Hall–Kier alpha value is -1.69. The molecule has 0 saturated carbocycles. The summed E-state index contributed by atoms with van der Waals surface area (Å²) >= 11 is 3.51. The lowest BCUT2D eigenvalue weighted by atomic mass is 10.0. The van der Waals surface area contributed by atoms with Gasteiger partial charge in [0, 0.05) is 17.6 Å². The number of ether oxygens (including phenoxy) is 1. The van der Waals surface area contributed by atoms with E-state index in [-0.39, 0.29) is 18.1 Å². The maximum Gasteiger partial charge on any atom is 0.234 e. The van der Waals surface area contributed by atoms with Gasteiger partial charge in [0.05, 0.1) is 25.3 Å². The Balaban J connectivity index is 1.56. The van der Waals surface area contributed by atoms with Crippen LogP contribution in [-0.2, 0) is 9.53 Å². The third-order valence-corrected chi connectivity index (χ3v) is 5.64. The third kappa shape index (κ3) is 5.41. The standard InChI is InChI=1S/C22H27BrN2O2/c1-15-7-8-18(11-16(15)2)17(3)24-22(26)14-25-9-10-27-21(13-25)19-5-4-6-20(23)12-19/h4-8,11-12,17,21H,9-10,13-14H2,1-3H3,(H,24,26). The highest BCUT2D eigenvalue weighted by atomic mass is 79.9. The van der Waals surface area contributed by atoms with E-state index in [4.69, 9.17) is 4.74 Å². The monoisotopic (exact) mass is 430 g/mol. The minimum atomic E-state index is -0.00119. The Morgan fingerprint density at radius 1 is 1.26 bits per heavy atom. The van der Waals surface area contributed by atoms with Gasteiger partial charge in [0.2, 0.25) is 5.91 Å². The first-order valence-corrected chi connectivity index (χ1v) is 10.2. The molecular formula is C22H27BrN2O2. The quantitative estimate of drug-likeness (QED) is 0.767. The van der Waals surface area contributed by atoms with E-state index in [1.807, 2.05) is 19.1 Å². The molecule has 1 amide bonds. The molecule has 27 heavy (non-hydrogen) atoms. The Kier molecular flexibility index (Phi) is 6.68. The van der Waals surface area contributed by atoms with E-state index in [2.05, 4.69) is 70.3 Å². The highest BCUT2D eigenvalue weighted by Crippen LogP contribution is 2.24. The number of nitrogens with zero attached hydrogens (tertiary/aromatic N) is 1. The molecule has 1 heterocycles. The van der Waals surface area contributed by atoms with Gasteiger partial charge < -0.3 is 10.1 Å². The largest absolute Gasteiger partial charge is 0.371 e. The van der Waals surface area contributed by atoms with Crippen molar-refractivity contribution in [1.29, 1.82) is 0 Å². The van der Waals surface area contributed by atoms with Gasteiger partial charge in [0.25, 0.3) is 0 Å². The van der Waals surface area contributed by atoms with Crippen molar-refractivity contribution >= 4 is 21.8 Å². The average Bonchev–Trinajstić information content (AvgIpc) is 2.64. The summed E-state index contributed by atoms with van der Waals surface area (Å²) < 4.78 is 6.95. The number of aryl methyl sites for hydroxylation is 2. The predicted octanol–water partition coefficient (Wildman–Crippen LogP) is 4.32.